The van der Waals surface area contributed by atoms with Crippen molar-refractivity contribution in [3.63, 3.8) is 0 Å². The first-order valence-electron chi connectivity index (χ1n) is 5.53. The molecule has 1 amide bonds. The first-order chi connectivity index (χ1) is 9.13. The van der Waals surface area contributed by atoms with Crippen molar-refractivity contribution in [2.24, 2.45) is 5.73 Å². The molecule has 1 heterocycles. The fourth-order valence-corrected chi connectivity index (χ4v) is 1.72. The van der Waals surface area contributed by atoms with Crippen LogP contribution < -0.4 is 10.5 Å². The minimum absolute atomic E-state index is 0.343. The van der Waals surface area contributed by atoms with Crippen molar-refractivity contribution in [1.82, 2.24) is 9.78 Å². The van der Waals surface area contributed by atoms with Gasteiger partial charge in [-0.2, -0.15) is 10.4 Å². The van der Waals surface area contributed by atoms with Crippen LogP contribution in [0.25, 0.3) is 0 Å². The van der Waals surface area contributed by atoms with E-state index in [4.69, 9.17) is 15.7 Å². The maximum absolute atomic E-state index is 11.0. The number of amides is 1. The number of hydrogen-bond acceptors (Lipinski definition) is 4. The number of primary amides is 1. The first kappa shape index (κ1) is 12.6. The molecule has 6 nitrogen and oxygen atoms in total. The summed E-state index contributed by atoms with van der Waals surface area (Å²) in [6.45, 7) is 0.395. The highest BCUT2D eigenvalue weighted by molar-refractivity contribution is 5.92. The second-order valence-electron chi connectivity index (χ2n) is 3.93. The molecule has 0 aliphatic carbocycles. The SMILES string of the molecule is COc1ccc(C#N)cc1Cn1cc(C(N)=O)cn1. The van der Waals surface area contributed by atoms with Gasteiger partial charge in [-0.05, 0) is 18.2 Å². The summed E-state index contributed by atoms with van der Waals surface area (Å²) >= 11 is 0. The van der Waals surface area contributed by atoms with Gasteiger partial charge >= 0.3 is 0 Å². The Kier molecular flexibility index (Phi) is 3.48. The molecule has 0 bridgehead atoms. The van der Waals surface area contributed by atoms with Gasteiger partial charge in [0.2, 0.25) is 0 Å². The zero-order chi connectivity index (χ0) is 13.8. The van der Waals surface area contributed by atoms with Crippen LogP contribution in [0.4, 0.5) is 0 Å². The highest BCUT2D eigenvalue weighted by atomic mass is 16.5. The first-order valence-corrected chi connectivity index (χ1v) is 5.53. The van der Waals surface area contributed by atoms with E-state index < -0.39 is 5.91 Å². The van der Waals surface area contributed by atoms with E-state index in [9.17, 15) is 4.79 Å². The minimum Gasteiger partial charge on any atom is -0.496 e. The number of ether oxygens (including phenoxy) is 1. The molecular formula is C13H12N4O2. The summed E-state index contributed by atoms with van der Waals surface area (Å²) in [4.78, 5) is 11.0. The fourth-order valence-electron chi connectivity index (χ4n) is 1.72. The van der Waals surface area contributed by atoms with Crippen molar-refractivity contribution in [2.75, 3.05) is 7.11 Å². The van der Waals surface area contributed by atoms with Crippen LogP contribution >= 0.6 is 0 Å². The van der Waals surface area contributed by atoms with Gasteiger partial charge in [0, 0.05) is 11.8 Å². The second kappa shape index (κ2) is 5.23. The number of aromatic nitrogens is 2. The number of nitrogens with two attached hydrogens (primary N) is 1. The summed E-state index contributed by atoms with van der Waals surface area (Å²) in [6.07, 6.45) is 2.96. The fraction of sp³-hybridized carbons (Fsp3) is 0.154. The smallest absolute Gasteiger partial charge is 0.251 e. The molecule has 2 rings (SSSR count). The molecule has 0 atom stereocenters. The normalized spacial score (nSPS) is 9.89. The van der Waals surface area contributed by atoms with Crippen molar-refractivity contribution in [1.29, 1.82) is 5.26 Å². The van der Waals surface area contributed by atoms with Crippen LogP contribution in [0.5, 0.6) is 5.75 Å². The zero-order valence-corrected chi connectivity index (χ0v) is 10.3. The van der Waals surface area contributed by atoms with Gasteiger partial charge in [0.1, 0.15) is 5.75 Å². The number of rotatable bonds is 4. The molecule has 2 N–H and O–H groups in total. The number of nitrogens with zero attached hydrogens (tertiary/aromatic N) is 3. The second-order valence-corrected chi connectivity index (χ2v) is 3.93. The number of methoxy groups -OCH3 is 1. The summed E-state index contributed by atoms with van der Waals surface area (Å²) in [5.74, 6) is 0.138. The summed E-state index contributed by atoms with van der Waals surface area (Å²) in [7, 11) is 1.56. The molecule has 0 unspecified atom stereocenters. The average Bonchev–Trinajstić information content (AvgIpc) is 2.87. The Morgan fingerprint density at radius 3 is 2.95 bits per heavy atom. The maximum Gasteiger partial charge on any atom is 0.251 e. The Morgan fingerprint density at radius 2 is 2.37 bits per heavy atom. The molecule has 0 spiro atoms. The van der Waals surface area contributed by atoms with Crippen molar-refractivity contribution < 1.29 is 9.53 Å². The van der Waals surface area contributed by atoms with Crippen LogP contribution in [-0.2, 0) is 6.54 Å². The Hall–Kier alpha value is -2.81. The van der Waals surface area contributed by atoms with E-state index in [-0.39, 0.29) is 0 Å². The van der Waals surface area contributed by atoms with E-state index >= 15 is 0 Å². The van der Waals surface area contributed by atoms with Gasteiger partial charge in [0.25, 0.3) is 5.91 Å². The van der Waals surface area contributed by atoms with Crippen LogP contribution in [-0.4, -0.2) is 22.8 Å². The summed E-state index contributed by atoms with van der Waals surface area (Å²) < 4.78 is 6.80. The van der Waals surface area contributed by atoms with Gasteiger partial charge < -0.3 is 10.5 Å². The lowest BCUT2D eigenvalue weighted by Crippen LogP contribution is -2.09. The summed E-state index contributed by atoms with van der Waals surface area (Å²) in [5.41, 5.74) is 6.85. The molecular weight excluding hydrogens is 244 g/mol. The molecule has 0 saturated heterocycles. The minimum atomic E-state index is -0.524. The van der Waals surface area contributed by atoms with Crippen LogP contribution in [0.1, 0.15) is 21.5 Å². The van der Waals surface area contributed by atoms with Gasteiger partial charge in [0.05, 0.1) is 37.0 Å². The van der Waals surface area contributed by atoms with Crippen molar-refractivity contribution in [2.45, 2.75) is 6.54 Å². The number of hydrogen-bond donors (Lipinski definition) is 1. The predicted octanol–water partition coefficient (Wildman–Crippen LogP) is 0.911. The summed E-state index contributed by atoms with van der Waals surface area (Å²) in [5, 5.41) is 12.9. The third-order valence-corrected chi connectivity index (χ3v) is 2.66. The van der Waals surface area contributed by atoms with E-state index in [2.05, 4.69) is 11.2 Å². The molecule has 0 aliphatic heterocycles. The van der Waals surface area contributed by atoms with Gasteiger partial charge in [0.15, 0.2) is 0 Å². The molecule has 2 aromatic rings. The highest BCUT2D eigenvalue weighted by Crippen LogP contribution is 2.20. The molecule has 96 valence electrons. The van der Waals surface area contributed by atoms with Gasteiger partial charge in [-0.25, -0.2) is 0 Å². The van der Waals surface area contributed by atoms with Crippen LogP contribution in [0, 0.1) is 11.3 Å². The summed E-state index contributed by atoms with van der Waals surface area (Å²) in [6, 6.07) is 7.20. The largest absolute Gasteiger partial charge is 0.496 e. The van der Waals surface area contributed by atoms with Gasteiger partial charge in [-0.15, -0.1) is 0 Å². The van der Waals surface area contributed by atoms with Gasteiger partial charge in [-0.1, -0.05) is 0 Å². The molecule has 1 aromatic carbocycles. The Balaban J connectivity index is 2.31. The number of carbonyl (C=O) groups is 1. The molecule has 0 radical (unpaired) electrons. The quantitative estimate of drug-likeness (QED) is 0.879. The number of nitriles is 1. The van der Waals surface area contributed by atoms with E-state index in [0.29, 0.717) is 23.4 Å². The third-order valence-electron chi connectivity index (χ3n) is 2.66. The van der Waals surface area contributed by atoms with E-state index in [0.717, 1.165) is 5.56 Å². The topological polar surface area (TPSA) is 93.9 Å². The van der Waals surface area contributed by atoms with Crippen molar-refractivity contribution in [3.8, 4) is 11.8 Å². The van der Waals surface area contributed by atoms with E-state index in [1.54, 1.807) is 36.2 Å². The third kappa shape index (κ3) is 2.72. The van der Waals surface area contributed by atoms with E-state index in [1.165, 1.54) is 6.20 Å². The van der Waals surface area contributed by atoms with Crippen molar-refractivity contribution in [3.05, 3.63) is 47.3 Å². The van der Waals surface area contributed by atoms with Gasteiger partial charge in [-0.3, -0.25) is 9.48 Å². The Labute approximate surface area is 110 Å². The molecule has 6 heteroatoms. The number of carbonyl (C=O) groups excluding carboxylic acids is 1. The Morgan fingerprint density at radius 1 is 1.58 bits per heavy atom. The standard InChI is InChI=1S/C13H12N4O2/c1-19-12-3-2-9(5-14)4-10(12)7-17-8-11(6-16-17)13(15)18/h2-4,6,8H,7H2,1H3,(H2,15,18). The monoisotopic (exact) mass is 256 g/mol. The lowest BCUT2D eigenvalue weighted by Gasteiger charge is -2.08. The predicted molar refractivity (Wildman–Crippen MR) is 67.6 cm³/mol. The molecule has 0 fully saturated rings. The van der Waals surface area contributed by atoms with Crippen LogP contribution in [0.3, 0.4) is 0 Å². The molecule has 1 aromatic heterocycles. The molecule has 0 saturated carbocycles. The average molecular weight is 256 g/mol. The Bertz CT molecular complexity index is 655. The van der Waals surface area contributed by atoms with E-state index in [1.807, 2.05) is 0 Å². The van der Waals surface area contributed by atoms with Crippen molar-refractivity contribution >= 4 is 5.91 Å². The molecule has 19 heavy (non-hydrogen) atoms. The molecule has 0 aliphatic rings. The maximum atomic E-state index is 11.0. The lowest BCUT2D eigenvalue weighted by molar-refractivity contribution is 0.1000. The van der Waals surface area contributed by atoms with Crippen LogP contribution in [0.2, 0.25) is 0 Å². The van der Waals surface area contributed by atoms with Crippen LogP contribution in [0.15, 0.2) is 30.6 Å². The lowest BCUT2D eigenvalue weighted by atomic mass is 10.1. The zero-order valence-electron chi connectivity index (χ0n) is 10.3. The highest BCUT2D eigenvalue weighted by Gasteiger charge is 2.08. The number of benzene rings is 1.